The van der Waals surface area contributed by atoms with E-state index in [0.29, 0.717) is 13.2 Å². The van der Waals surface area contributed by atoms with Gasteiger partial charge in [0.2, 0.25) is 0 Å². The predicted molar refractivity (Wildman–Crippen MR) is 80.9 cm³/mol. The van der Waals surface area contributed by atoms with Gasteiger partial charge in [0.25, 0.3) is 0 Å². The molecule has 0 atom stereocenters. The van der Waals surface area contributed by atoms with Gasteiger partial charge in [0.15, 0.2) is 0 Å². The molecule has 21 heavy (non-hydrogen) atoms. The molecule has 4 heteroatoms. The van der Waals surface area contributed by atoms with E-state index in [1.54, 1.807) is 6.08 Å². The summed E-state index contributed by atoms with van der Waals surface area (Å²) in [6.07, 6.45) is 3.42. The standard InChI is InChI=1S/C17H17N3O/c1-14-2-5-16(6-3-14)17(7-4-15(12-18)13-19)20-8-10-21-11-9-20/h2-7H,8-11H2,1H3. The fourth-order valence-corrected chi connectivity index (χ4v) is 2.17. The molecule has 1 aliphatic heterocycles. The number of morpholine rings is 1. The molecule has 0 unspecified atom stereocenters. The first kappa shape index (κ1) is 14.8. The van der Waals surface area contributed by atoms with Crippen LogP contribution in [-0.2, 0) is 4.74 Å². The van der Waals surface area contributed by atoms with E-state index in [2.05, 4.69) is 29.2 Å². The molecule has 1 aromatic rings. The fourth-order valence-electron chi connectivity index (χ4n) is 2.17. The maximum atomic E-state index is 8.85. The average Bonchev–Trinajstić information content (AvgIpc) is 2.54. The van der Waals surface area contributed by atoms with Crippen LogP contribution in [0.2, 0.25) is 0 Å². The molecule has 1 aliphatic rings. The zero-order valence-electron chi connectivity index (χ0n) is 12.0. The van der Waals surface area contributed by atoms with Crippen LogP contribution in [0.3, 0.4) is 0 Å². The van der Waals surface area contributed by atoms with Crippen molar-refractivity contribution in [1.29, 1.82) is 10.5 Å². The average molecular weight is 279 g/mol. The number of allylic oxidation sites excluding steroid dienone is 3. The van der Waals surface area contributed by atoms with Gasteiger partial charge in [0.1, 0.15) is 17.7 Å². The molecule has 0 spiro atoms. The summed E-state index contributed by atoms with van der Waals surface area (Å²) in [5.74, 6) is 0. The highest BCUT2D eigenvalue weighted by Crippen LogP contribution is 2.21. The lowest BCUT2D eigenvalue weighted by Gasteiger charge is -2.31. The molecule has 0 aromatic heterocycles. The number of rotatable bonds is 3. The lowest BCUT2D eigenvalue weighted by atomic mass is 10.1. The summed E-state index contributed by atoms with van der Waals surface area (Å²) >= 11 is 0. The molecule has 2 rings (SSSR count). The van der Waals surface area contributed by atoms with Crippen molar-refractivity contribution in [2.45, 2.75) is 6.92 Å². The van der Waals surface area contributed by atoms with Crippen LogP contribution in [0.1, 0.15) is 11.1 Å². The SMILES string of the molecule is Cc1ccc(C(=CC=C(C#N)C#N)N2CCOCC2)cc1. The molecule has 0 bridgehead atoms. The topological polar surface area (TPSA) is 60.0 Å². The first-order valence-electron chi connectivity index (χ1n) is 6.86. The molecule has 106 valence electrons. The van der Waals surface area contributed by atoms with Crippen molar-refractivity contribution < 1.29 is 4.74 Å². The van der Waals surface area contributed by atoms with Crippen molar-refractivity contribution in [2.24, 2.45) is 0 Å². The Bertz CT molecular complexity index is 607. The Morgan fingerprint density at radius 2 is 1.71 bits per heavy atom. The minimum atomic E-state index is 0.105. The normalized spacial score (nSPS) is 15.0. The molecular formula is C17H17N3O. The summed E-state index contributed by atoms with van der Waals surface area (Å²) in [6, 6.07) is 12.0. The van der Waals surface area contributed by atoms with Crippen LogP contribution in [0, 0.1) is 29.6 Å². The van der Waals surface area contributed by atoms with Gasteiger partial charge in [-0.15, -0.1) is 0 Å². The van der Waals surface area contributed by atoms with Gasteiger partial charge in [-0.3, -0.25) is 0 Å². The molecule has 1 heterocycles. The molecular weight excluding hydrogens is 262 g/mol. The van der Waals surface area contributed by atoms with Gasteiger partial charge in [-0.2, -0.15) is 10.5 Å². The number of nitriles is 2. The Morgan fingerprint density at radius 1 is 1.10 bits per heavy atom. The van der Waals surface area contributed by atoms with Crippen LogP contribution in [-0.4, -0.2) is 31.2 Å². The summed E-state index contributed by atoms with van der Waals surface area (Å²) in [4.78, 5) is 2.22. The van der Waals surface area contributed by atoms with E-state index in [-0.39, 0.29) is 5.57 Å². The van der Waals surface area contributed by atoms with Crippen LogP contribution in [0.5, 0.6) is 0 Å². The van der Waals surface area contributed by atoms with E-state index < -0.39 is 0 Å². The van der Waals surface area contributed by atoms with E-state index in [9.17, 15) is 0 Å². The third-order valence-electron chi connectivity index (χ3n) is 3.35. The molecule has 0 saturated carbocycles. The number of aryl methyl sites for hydroxylation is 1. The Hall–Kier alpha value is -2.56. The van der Waals surface area contributed by atoms with Crippen molar-refractivity contribution in [3.8, 4) is 12.1 Å². The molecule has 4 nitrogen and oxygen atoms in total. The molecule has 1 fully saturated rings. The number of nitrogens with zero attached hydrogens (tertiary/aromatic N) is 3. The van der Waals surface area contributed by atoms with E-state index in [1.165, 1.54) is 5.56 Å². The molecule has 0 aliphatic carbocycles. The van der Waals surface area contributed by atoms with Gasteiger partial charge in [0, 0.05) is 18.8 Å². The van der Waals surface area contributed by atoms with Crippen molar-refractivity contribution >= 4 is 5.70 Å². The zero-order chi connectivity index (χ0) is 15.1. The Balaban J connectivity index is 2.37. The van der Waals surface area contributed by atoms with E-state index in [0.717, 1.165) is 24.4 Å². The van der Waals surface area contributed by atoms with Gasteiger partial charge < -0.3 is 9.64 Å². The van der Waals surface area contributed by atoms with E-state index in [4.69, 9.17) is 15.3 Å². The minimum absolute atomic E-state index is 0.105. The lowest BCUT2D eigenvalue weighted by molar-refractivity contribution is 0.0639. The van der Waals surface area contributed by atoms with Gasteiger partial charge in [-0.1, -0.05) is 29.8 Å². The van der Waals surface area contributed by atoms with Crippen LogP contribution >= 0.6 is 0 Å². The number of hydrogen-bond acceptors (Lipinski definition) is 4. The molecule has 1 saturated heterocycles. The van der Waals surface area contributed by atoms with Crippen molar-refractivity contribution in [1.82, 2.24) is 4.90 Å². The van der Waals surface area contributed by atoms with Gasteiger partial charge >= 0.3 is 0 Å². The van der Waals surface area contributed by atoms with Crippen LogP contribution in [0.15, 0.2) is 42.0 Å². The first-order valence-corrected chi connectivity index (χ1v) is 6.86. The van der Waals surface area contributed by atoms with Crippen molar-refractivity contribution in [2.75, 3.05) is 26.3 Å². The Labute approximate surface area is 125 Å². The highest BCUT2D eigenvalue weighted by Gasteiger charge is 2.14. The van der Waals surface area contributed by atoms with E-state index >= 15 is 0 Å². The molecule has 0 amide bonds. The number of hydrogen-bond donors (Lipinski definition) is 0. The lowest BCUT2D eigenvalue weighted by Crippen LogP contribution is -2.34. The second kappa shape index (κ2) is 7.28. The Kier molecular flexibility index (Phi) is 5.15. The van der Waals surface area contributed by atoms with Gasteiger partial charge in [0.05, 0.1) is 13.2 Å². The number of ether oxygens (including phenoxy) is 1. The van der Waals surface area contributed by atoms with Crippen LogP contribution in [0.25, 0.3) is 5.70 Å². The van der Waals surface area contributed by atoms with Crippen molar-refractivity contribution in [3.63, 3.8) is 0 Å². The van der Waals surface area contributed by atoms with Gasteiger partial charge in [-0.05, 0) is 24.6 Å². The molecule has 0 N–H and O–H groups in total. The Morgan fingerprint density at radius 3 is 2.29 bits per heavy atom. The summed E-state index contributed by atoms with van der Waals surface area (Å²) in [5.41, 5.74) is 3.40. The first-order chi connectivity index (χ1) is 10.2. The zero-order valence-corrected chi connectivity index (χ0v) is 12.0. The number of benzene rings is 1. The second-order valence-electron chi connectivity index (χ2n) is 4.82. The van der Waals surface area contributed by atoms with Crippen LogP contribution in [0.4, 0.5) is 0 Å². The largest absolute Gasteiger partial charge is 0.378 e. The maximum absolute atomic E-state index is 8.85. The summed E-state index contributed by atoms with van der Waals surface area (Å²) in [7, 11) is 0. The predicted octanol–water partition coefficient (Wildman–Crippen LogP) is 2.64. The highest BCUT2D eigenvalue weighted by atomic mass is 16.5. The summed E-state index contributed by atoms with van der Waals surface area (Å²) < 4.78 is 5.38. The van der Waals surface area contributed by atoms with Crippen molar-refractivity contribution in [3.05, 3.63) is 53.1 Å². The fraction of sp³-hybridized carbons (Fsp3) is 0.294. The molecule has 1 aromatic carbocycles. The third kappa shape index (κ3) is 3.95. The monoisotopic (exact) mass is 279 g/mol. The summed E-state index contributed by atoms with van der Waals surface area (Å²) in [6.45, 7) is 5.04. The van der Waals surface area contributed by atoms with E-state index in [1.807, 2.05) is 25.1 Å². The minimum Gasteiger partial charge on any atom is -0.378 e. The third-order valence-corrected chi connectivity index (χ3v) is 3.35. The van der Waals surface area contributed by atoms with Gasteiger partial charge in [-0.25, -0.2) is 0 Å². The molecule has 0 radical (unpaired) electrons. The second-order valence-corrected chi connectivity index (χ2v) is 4.82. The quantitative estimate of drug-likeness (QED) is 0.630. The maximum Gasteiger partial charge on any atom is 0.129 e. The van der Waals surface area contributed by atoms with Crippen LogP contribution < -0.4 is 0 Å². The highest BCUT2D eigenvalue weighted by molar-refractivity contribution is 5.66. The smallest absolute Gasteiger partial charge is 0.129 e. The summed E-state index contributed by atoms with van der Waals surface area (Å²) in [5, 5.41) is 17.7.